The number of pyridine rings is 1. The Morgan fingerprint density at radius 2 is 1.92 bits per heavy atom. The van der Waals surface area contributed by atoms with Crippen LogP contribution < -0.4 is 15.4 Å². The molecule has 134 valence electrons. The van der Waals surface area contributed by atoms with Gasteiger partial charge in [-0.3, -0.25) is 9.78 Å². The number of ether oxygens (including phenoxy) is 1. The average Bonchev–Trinajstić information content (AvgIpc) is 2.60. The molecule has 0 spiro atoms. The summed E-state index contributed by atoms with van der Waals surface area (Å²) in [5.74, 6) is 0.676. The van der Waals surface area contributed by atoms with Crippen molar-refractivity contribution in [1.29, 1.82) is 0 Å². The third kappa shape index (κ3) is 6.43. The lowest BCUT2D eigenvalue weighted by Gasteiger charge is -2.11. The van der Waals surface area contributed by atoms with Gasteiger partial charge in [-0.1, -0.05) is 0 Å². The third-order valence-electron chi connectivity index (χ3n) is 3.51. The summed E-state index contributed by atoms with van der Waals surface area (Å²) in [7, 11) is 4.03. The highest BCUT2D eigenvalue weighted by molar-refractivity contribution is 5.93. The van der Waals surface area contributed by atoms with Gasteiger partial charge in [0.05, 0.1) is 6.61 Å². The monoisotopic (exact) mass is 342 g/mol. The highest BCUT2D eigenvalue weighted by Gasteiger charge is 2.07. The molecule has 25 heavy (non-hydrogen) atoms. The zero-order valence-electron chi connectivity index (χ0n) is 15.1. The van der Waals surface area contributed by atoms with Crippen LogP contribution in [-0.2, 0) is 0 Å². The van der Waals surface area contributed by atoms with Crippen molar-refractivity contribution in [3.63, 3.8) is 0 Å². The van der Waals surface area contributed by atoms with Crippen LogP contribution in [0.1, 0.15) is 23.8 Å². The van der Waals surface area contributed by atoms with Crippen LogP contribution >= 0.6 is 0 Å². The summed E-state index contributed by atoms with van der Waals surface area (Å²) in [4.78, 5) is 18.4. The van der Waals surface area contributed by atoms with Crippen LogP contribution in [0.3, 0.4) is 0 Å². The van der Waals surface area contributed by atoms with Crippen molar-refractivity contribution in [2.75, 3.05) is 39.1 Å². The quantitative estimate of drug-likeness (QED) is 0.686. The Balaban J connectivity index is 1.92. The summed E-state index contributed by atoms with van der Waals surface area (Å²) in [6, 6.07) is 11.3. The number of aromatic nitrogens is 1. The van der Waals surface area contributed by atoms with E-state index in [0.29, 0.717) is 18.8 Å². The van der Waals surface area contributed by atoms with Crippen LogP contribution in [0.5, 0.6) is 5.75 Å². The number of benzene rings is 1. The predicted molar refractivity (Wildman–Crippen MR) is 101 cm³/mol. The van der Waals surface area contributed by atoms with E-state index in [0.717, 1.165) is 30.1 Å². The molecule has 1 amide bonds. The zero-order valence-corrected chi connectivity index (χ0v) is 15.1. The van der Waals surface area contributed by atoms with Crippen LogP contribution in [0.2, 0.25) is 0 Å². The largest absolute Gasteiger partial charge is 0.494 e. The molecule has 6 heteroatoms. The number of hydrogen-bond donors (Lipinski definition) is 2. The summed E-state index contributed by atoms with van der Waals surface area (Å²) in [5, 5.41) is 6.16. The highest BCUT2D eigenvalue weighted by Crippen LogP contribution is 2.20. The number of nitrogens with zero attached hydrogens (tertiary/aromatic N) is 2. The van der Waals surface area contributed by atoms with Gasteiger partial charge in [-0.2, -0.15) is 0 Å². The molecule has 0 radical (unpaired) electrons. The van der Waals surface area contributed by atoms with Crippen LogP contribution in [0.25, 0.3) is 0 Å². The van der Waals surface area contributed by atoms with E-state index in [4.69, 9.17) is 4.74 Å². The molecule has 2 aromatic rings. The molecule has 2 rings (SSSR count). The van der Waals surface area contributed by atoms with Crippen molar-refractivity contribution in [1.82, 2.24) is 15.2 Å². The summed E-state index contributed by atoms with van der Waals surface area (Å²) < 4.78 is 5.43. The number of anilines is 2. The van der Waals surface area contributed by atoms with E-state index in [1.54, 1.807) is 12.3 Å². The second-order valence-electron chi connectivity index (χ2n) is 5.92. The molecular weight excluding hydrogens is 316 g/mol. The first kappa shape index (κ1) is 18.7. The van der Waals surface area contributed by atoms with E-state index in [1.807, 2.05) is 51.4 Å². The van der Waals surface area contributed by atoms with Gasteiger partial charge in [0.25, 0.3) is 5.91 Å². The van der Waals surface area contributed by atoms with E-state index < -0.39 is 0 Å². The Bertz CT molecular complexity index is 671. The Morgan fingerprint density at radius 1 is 1.16 bits per heavy atom. The third-order valence-corrected chi connectivity index (χ3v) is 3.51. The molecule has 0 aliphatic rings. The van der Waals surface area contributed by atoms with E-state index in [-0.39, 0.29) is 5.91 Å². The fourth-order valence-electron chi connectivity index (χ4n) is 2.29. The van der Waals surface area contributed by atoms with Gasteiger partial charge < -0.3 is 20.3 Å². The fourth-order valence-corrected chi connectivity index (χ4v) is 2.29. The molecule has 0 aliphatic heterocycles. The molecule has 0 unspecified atom stereocenters. The van der Waals surface area contributed by atoms with Crippen molar-refractivity contribution in [2.24, 2.45) is 0 Å². The topological polar surface area (TPSA) is 66.5 Å². The number of rotatable bonds is 9. The predicted octanol–water partition coefficient (Wildman–Crippen LogP) is 2.91. The lowest BCUT2D eigenvalue weighted by Crippen LogP contribution is -2.27. The summed E-state index contributed by atoms with van der Waals surface area (Å²) in [5.41, 5.74) is 2.14. The standard InChI is InChI=1S/C19H26N4O2/c1-4-25-17-8-6-15(7-9-17)22-16-10-12-20-18(14-16)19(24)21-11-5-13-23(2)3/h6-10,12,14H,4-5,11,13H2,1-3H3,(H,20,22)(H,21,24). The van der Waals surface area contributed by atoms with Crippen molar-refractivity contribution >= 4 is 17.3 Å². The van der Waals surface area contributed by atoms with Crippen molar-refractivity contribution < 1.29 is 9.53 Å². The molecule has 0 atom stereocenters. The molecule has 1 aromatic heterocycles. The van der Waals surface area contributed by atoms with Crippen LogP contribution in [-0.4, -0.2) is 49.6 Å². The first-order chi connectivity index (χ1) is 12.1. The van der Waals surface area contributed by atoms with E-state index in [1.165, 1.54) is 0 Å². The molecule has 0 bridgehead atoms. The van der Waals surface area contributed by atoms with Crippen LogP contribution in [0.15, 0.2) is 42.6 Å². The lowest BCUT2D eigenvalue weighted by molar-refractivity contribution is 0.0947. The second-order valence-corrected chi connectivity index (χ2v) is 5.92. The molecule has 0 aliphatic carbocycles. The zero-order chi connectivity index (χ0) is 18.1. The molecule has 6 nitrogen and oxygen atoms in total. The fraction of sp³-hybridized carbons (Fsp3) is 0.368. The first-order valence-electron chi connectivity index (χ1n) is 8.47. The minimum Gasteiger partial charge on any atom is -0.494 e. The molecule has 2 N–H and O–H groups in total. The van der Waals surface area contributed by atoms with Gasteiger partial charge >= 0.3 is 0 Å². The van der Waals surface area contributed by atoms with Gasteiger partial charge in [0.1, 0.15) is 11.4 Å². The number of nitrogens with one attached hydrogen (secondary N) is 2. The van der Waals surface area contributed by atoms with Crippen molar-refractivity contribution in [3.8, 4) is 5.75 Å². The maximum absolute atomic E-state index is 12.2. The Labute approximate surface area is 149 Å². The summed E-state index contributed by atoms with van der Waals surface area (Å²) >= 11 is 0. The Hall–Kier alpha value is -2.60. The van der Waals surface area contributed by atoms with Gasteiger partial charge in [-0.05, 0) is 70.4 Å². The minimum atomic E-state index is -0.158. The molecule has 0 saturated carbocycles. The summed E-state index contributed by atoms with van der Waals surface area (Å²) in [6.07, 6.45) is 2.54. The number of carbonyl (C=O) groups excluding carboxylic acids is 1. The van der Waals surface area contributed by atoms with Crippen LogP contribution in [0, 0.1) is 0 Å². The van der Waals surface area contributed by atoms with Gasteiger partial charge in [0.2, 0.25) is 0 Å². The van der Waals surface area contributed by atoms with E-state index in [9.17, 15) is 4.79 Å². The normalized spacial score (nSPS) is 10.6. The Kier molecular flexibility index (Phi) is 7.22. The molecule has 1 heterocycles. The van der Waals surface area contributed by atoms with E-state index in [2.05, 4.69) is 20.5 Å². The van der Waals surface area contributed by atoms with Gasteiger partial charge in [-0.15, -0.1) is 0 Å². The van der Waals surface area contributed by atoms with Crippen molar-refractivity contribution in [2.45, 2.75) is 13.3 Å². The minimum absolute atomic E-state index is 0.158. The van der Waals surface area contributed by atoms with Crippen LogP contribution in [0.4, 0.5) is 11.4 Å². The molecule has 1 aromatic carbocycles. The number of amides is 1. The smallest absolute Gasteiger partial charge is 0.269 e. The number of carbonyl (C=O) groups is 1. The maximum atomic E-state index is 12.2. The molecular formula is C19H26N4O2. The van der Waals surface area contributed by atoms with Gasteiger partial charge in [0, 0.05) is 24.1 Å². The second kappa shape index (κ2) is 9.64. The highest BCUT2D eigenvalue weighted by atomic mass is 16.5. The average molecular weight is 342 g/mol. The Morgan fingerprint density at radius 3 is 2.60 bits per heavy atom. The van der Waals surface area contributed by atoms with Crippen molar-refractivity contribution in [3.05, 3.63) is 48.3 Å². The SMILES string of the molecule is CCOc1ccc(Nc2ccnc(C(=O)NCCCN(C)C)c2)cc1. The van der Waals surface area contributed by atoms with E-state index >= 15 is 0 Å². The first-order valence-corrected chi connectivity index (χ1v) is 8.47. The maximum Gasteiger partial charge on any atom is 0.269 e. The molecule has 0 saturated heterocycles. The van der Waals surface area contributed by atoms with Gasteiger partial charge in [-0.25, -0.2) is 0 Å². The molecule has 0 fully saturated rings. The summed E-state index contributed by atoms with van der Waals surface area (Å²) in [6.45, 7) is 4.17. The van der Waals surface area contributed by atoms with Gasteiger partial charge in [0.15, 0.2) is 0 Å². The lowest BCUT2D eigenvalue weighted by atomic mass is 10.2. The number of hydrogen-bond acceptors (Lipinski definition) is 5.